The van der Waals surface area contributed by atoms with Crippen LogP contribution in [0.3, 0.4) is 0 Å². The fraction of sp³-hybridized carbons (Fsp3) is 0.375. The summed E-state index contributed by atoms with van der Waals surface area (Å²) >= 11 is 0. The topological polar surface area (TPSA) is 35.2 Å². The first-order valence-electron chi connectivity index (χ1n) is 6.57. The molecule has 0 aliphatic rings. The molecule has 0 aliphatic carbocycles. The zero-order chi connectivity index (χ0) is 13.0. The van der Waals surface area contributed by atoms with Crippen LogP contribution < -0.4 is 5.73 Å². The van der Waals surface area contributed by atoms with Crippen LogP contribution in [0.15, 0.2) is 42.5 Å². The van der Waals surface area contributed by atoms with Crippen molar-refractivity contribution in [2.75, 3.05) is 6.61 Å². The van der Waals surface area contributed by atoms with Crippen molar-refractivity contribution in [3.8, 4) is 0 Å². The van der Waals surface area contributed by atoms with Gasteiger partial charge in [0.2, 0.25) is 0 Å². The Morgan fingerprint density at radius 1 is 1.11 bits per heavy atom. The van der Waals surface area contributed by atoms with Crippen molar-refractivity contribution in [1.82, 2.24) is 0 Å². The second kappa shape index (κ2) is 5.98. The first kappa shape index (κ1) is 13.1. The second-order valence-electron chi connectivity index (χ2n) is 4.73. The van der Waals surface area contributed by atoms with Gasteiger partial charge in [0, 0.05) is 0 Å². The van der Waals surface area contributed by atoms with Crippen molar-refractivity contribution in [1.29, 1.82) is 0 Å². The van der Waals surface area contributed by atoms with E-state index < -0.39 is 0 Å². The first-order valence-corrected chi connectivity index (χ1v) is 6.57. The van der Waals surface area contributed by atoms with E-state index in [1.165, 1.54) is 10.8 Å². The third-order valence-electron chi connectivity index (χ3n) is 3.36. The van der Waals surface area contributed by atoms with Crippen LogP contribution in [-0.2, 0) is 4.74 Å². The third-order valence-corrected chi connectivity index (χ3v) is 3.36. The SMILES string of the molecule is CCC(C)OCC(N)c1cccc2ccccc12. The Bertz CT molecular complexity index is 504. The molecule has 96 valence electrons. The standard InChI is InChI=1S/C16H21NO/c1-3-12(2)18-11-16(17)15-10-6-8-13-7-4-5-9-14(13)15/h4-10,12,16H,3,11,17H2,1-2H3. The molecule has 0 heterocycles. The number of benzene rings is 2. The predicted molar refractivity (Wildman–Crippen MR) is 76.6 cm³/mol. The molecule has 2 unspecified atom stereocenters. The van der Waals surface area contributed by atoms with Gasteiger partial charge in [-0.1, -0.05) is 49.4 Å². The normalized spacial score (nSPS) is 14.6. The molecule has 0 aromatic heterocycles. The zero-order valence-electron chi connectivity index (χ0n) is 11.1. The molecule has 0 aliphatic heterocycles. The van der Waals surface area contributed by atoms with Crippen molar-refractivity contribution < 1.29 is 4.74 Å². The highest BCUT2D eigenvalue weighted by atomic mass is 16.5. The Kier molecular flexibility index (Phi) is 4.34. The van der Waals surface area contributed by atoms with Crippen LogP contribution in [0.5, 0.6) is 0 Å². The number of rotatable bonds is 5. The monoisotopic (exact) mass is 243 g/mol. The zero-order valence-corrected chi connectivity index (χ0v) is 11.1. The Balaban J connectivity index is 2.19. The minimum Gasteiger partial charge on any atom is -0.377 e. The molecule has 2 heteroatoms. The summed E-state index contributed by atoms with van der Waals surface area (Å²) in [6.45, 7) is 4.77. The molecule has 2 N–H and O–H groups in total. The molecule has 0 saturated heterocycles. The minimum absolute atomic E-state index is 0.0647. The Morgan fingerprint density at radius 3 is 2.61 bits per heavy atom. The summed E-state index contributed by atoms with van der Waals surface area (Å²) in [5.41, 5.74) is 7.40. The van der Waals surface area contributed by atoms with E-state index in [0.29, 0.717) is 6.61 Å². The van der Waals surface area contributed by atoms with Gasteiger partial charge in [0.05, 0.1) is 18.8 Å². The number of ether oxygens (including phenoxy) is 1. The summed E-state index contributed by atoms with van der Waals surface area (Å²) in [6.07, 6.45) is 1.29. The predicted octanol–water partition coefficient (Wildman–Crippen LogP) is 3.65. The van der Waals surface area contributed by atoms with Gasteiger partial charge in [-0.3, -0.25) is 0 Å². The fourth-order valence-corrected chi connectivity index (χ4v) is 2.05. The summed E-state index contributed by atoms with van der Waals surface area (Å²) in [7, 11) is 0. The van der Waals surface area contributed by atoms with Crippen molar-refractivity contribution in [3.63, 3.8) is 0 Å². The Morgan fingerprint density at radius 2 is 1.83 bits per heavy atom. The lowest BCUT2D eigenvalue weighted by Gasteiger charge is -2.17. The molecule has 0 fully saturated rings. The average molecular weight is 243 g/mol. The van der Waals surface area contributed by atoms with Gasteiger partial charge in [0.25, 0.3) is 0 Å². The van der Waals surface area contributed by atoms with Crippen LogP contribution in [0.25, 0.3) is 10.8 Å². The van der Waals surface area contributed by atoms with Crippen LogP contribution in [0.2, 0.25) is 0 Å². The van der Waals surface area contributed by atoms with Crippen LogP contribution in [0.4, 0.5) is 0 Å². The van der Waals surface area contributed by atoms with Crippen LogP contribution in [0.1, 0.15) is 31.9 Å². The summed E-state index contributed by atoms with van der Waals surface area (Å²) < 4.78 is 5.73. The minimum atomic E-state index is -0.0647. The highest BCUT2D eigenvalue weighted by Gasteiger charge is 2.11. The van der Waals surface area contributed by atoms with E-state index in [9.17, 15) is 0 Å². The van der Waals surface area contributed by atoms with E-state index in [2.05, 4.69) is 44.2 Å². The molecule has 2 nitrogen and oxygen atoms in total. The quantitative estimate of drug-likeness (QED) is 0.870. The smallest absolute Gasteiger partial charge is 0.0663 e. The van der Waals surface area contributed by atoms with Gasteiger partial charge in [-0.2, -0.15) is 0 Å². The maximum Gasteiger partial charge on any atom is 0.0663 e. The summed E-state index contributed by atoms with van der Waals surface area (Å²) in [4.78, 5) is 0. The molecule has 2 aromatic rings. The number of fused-ring (bicyclic) bond motifs is 1. The van der Waals surface area contributed by atoms with E-state index in [4.69, 9.17) is 10.5 Å². The van der Waals surface area contributed by atoms with E-state index in [1.807, 2.05) is 12.1 Å². The van der Waals surface area contributed by atoms with E-state index in [1.54, 1.807) is 0 Å². The van der Waals surface area contributed by atoms with Crippen LogP contribution in [-0.4, -0.2) is 12.7 Å². The van der Waals surface area contributed by atoms with Crippen molar-refractivity contribution >= 4 is 10.8 Å². The van der Waals surface area contributed by atoms with Gasteiger partial charge in [-0.05, 0) is 29.7 Å². The van der Waals surface area contributed by atoms with E-state index in [-0.39, 0.29) is 12.1 Å². The van der Waals surface area contributed by atoms with E-state index in [0.717, 1.165) is 12.0 Å². The fourth-order valence-electron chi connectivity index (χ4n) is 2.05. The molecule has 0 amide bonds. The Labute approximate surface area is 109 Å². The summed E-state index contributed by atoms with van der Waals surface area (Å²) in [5.74, 6) is 0. The largest absolute Gasteiger partial charge is 0.377 e. The molecule has 2 rings (SSSR count). The van der Waals surface area contributed by atoms with Gasteiger partial charge in [-0.25, -0.2) is 0 Å². The molecule has 2 atom stereocenters. The third kappa shape index (κ3) is 2.89. The molecule has 0 radical (unpaired) electrons. The molecule has 18 heavy (non-hydrogen) atoms. The van der Waals surface area contributed by atoms with E-state index >= 15 is 0 Å². The first-order chi connectivity index (χ1) is 8.72. The number of nitrogens with two attached hydrogens (primary N) is 1. The van der Waals surface area contributed by atoms with Crippen molar-refractivity contribution in [2.24, 2.45) is 5.73 Å². The molecular weight excluding hydrogens is 222 g/mol. The molecule has 2 aromatic carbocycles. The number of hydrogen-bond acceptors (Lipinski definition) is 2. The Hall–Kier alpha value is -1.38. The maximum atomic E-state index is 6.24. The van der Waals surface area contributed by atoms with Crippen molar-refractivity contribution in [2.45, 2.75) is 32.4 Å². The highest BCUT2D eigenvalue weighted by molar-refractivity contribution is 5.86. The highest BCUT2D eigenvalue weighted by Crippen LogP contribution is 2.23. The lowest BCUT2D eigenvalue weighted by molar-refractivity contribution is 0.0541. The molecule has 0 saturated carbocycles. The van der Waals surface area contributed by atoms with Gasteiger partial charge in [0.15, 0.2) is 0 Å². The van der Waals surface area contributed by atoms with Crippen LogP contribution >= 0.6 is 0 Å². The number of hydrogen-bond donors (Lipinski definition) is 1. The average Bonchev–Trinajstić information content (AvgIpc) is 2.43. The lowest BCUT2D eigenvalue weighted by Crippen LogP contribution is -2.20. The lowest BCUT2D eigenvalue weighted by atomic mass is 10.00. The molecular formula is C16H21NO. The summed E-state index contributed by atoms with van der Waals surface area (Å²) in [5, 5.41) is 2.45. The summed E-state index contributed by atoms with van der Waals surface area (Å²) in [6, 6.07) is 14.5. The van der Waals surface area contributed by atoms with Gasteiger partial charge >= 0.3 is 0 Å². The van der Waals surface area contributed by atoms with Crippen molar-refractivity contribution in [3.05, 3.63) is 48.0 Å². The van der Waals surface area contributed by atoms with Gasteiger partial charge < -0.3 is 10.5 Å². The molecule has 0 spiro atoms. The second-order valence-corrected chi connectivity index (χ2v) is 4.73. The van der Waals surface area contributed by atoms with Crippen LogP contribution in [0, 0.1) is 0 Å². The van der Waals surface area contributed by atoms with Gasteiger partial charge in [0.1, 0.15) is 0 Å². The maximum absolute atomic E-state index is 6.24. The van der Waals surface area contributed by atoms with Gasteiger partial charge in [-0.15, -0.1) is 0 Å². The molecule has 0 bridgehead atoms.